The molecule has 21 heavy (non-hydrogen) atoms. The lowest BCUT2D eigenvalue weighted by molar-refractivity contribution is -0.130. The van der Waals surface area contributed by atoms with Crippen molar-refractivity contribution in [2.24, 2.45) is 5.92 Å². The van der Waals surface area contributed by atoms with E-state index in [-0.39, 0.29) is 18.1 Å². The van der Waals surface area contributed by atoms with E-state index in [0.717, 1.165) is 25.8 Å². The van der Waals surface area contributed by atoms with Gasteiger partial charge in [-0.25, -0.2) is 0 Å². The smallest absolute Gasteiger partial charge is 0.241 e. The monoisotopic (exact) mass is 288 g/mol. The Labute approximate surface area is 128 Å². The van der Waals surface area contributed by atoms with Gasteiger partial charge in [-0.3, -0.25) is 10.1 Å². The first-order valence-corrected chi connectivity index (χ1v) is 8.20. The van der Waals surface area contributed by atoms with Gasteiger partial charge in [0.1, 0.15) is 6.17 Å². The van der Waals surface area contributed by atoms with Crippen LogP contribution < -0.4 is 5.32 Å². The zero-order valence-electron chi connectivity index (χ0n) is 13.7. The van der Waals surface area contributed by atoms with Crippen molar-refractivity contribution in [1.82, 2.24) is 10.2 Å². The van der Waals surface area contributed by atoms with Gasteiger partial charge in [0.15, 0.2) is 0 Å². The molecule has 0 radical (unpaired) electrons. The van der Waals surface area contributed by atoms with Crippen LogP contribution in [-0.4, -0.2) is 23.4 Å². The van der Waals surface area contributed by atoms with E-state index in [9.17, 15) is 4.79 Å². The Morgan fingerprint density at radius 3 is 2.62 bits per heavy atom. The second-order valence-electron chi connectivity index (χ2n) is 6.27. The second kappa shape index (κ2) is 7.08. The molecule has 0 aliphatic carbocycles. The third kappa shape index (κ3) is 3.46. The van der Waals surface area contributed by atoms with Gasteiger partial charge in [0.2, 0.25) is 5.91 Å². The average molecular weight is 288 g/mol. The quantitative estimate of drug-likeness (QED) is 0.866. The van der Waals surface area contributed by atoms with Crippen molar-refractivity contribution in [1.29, 1.82) is 0 Å². The molecule has 116 valence electrons. The van der Waals surface area contributed by atoms with Crippen LogP contribution >= 0.6 is 0 Å². The summed E-state index contributed by atoms with van der Waals surface area (Å²) in [5.41, 5.74) is 2.47. The molecule has 1 heterocycles. The van der Waals surface area contributed by atoms with Crippen molar-refractivity contribution in [2.75, 3.05) is 6.54 Å². The lowest BCUT2D eigenvalue weighted by Gasteiger charge is -2.28. The summed E-state index contributed by atoms with van der Waals surface area (Å²) >= 11 is 0. The van der Waals surface area contributed by atoms with Crippen molar-refractivity contribution in [3.63, 3.8) is 0 Å². The maximum Gasteiger partial charge on any atom is 0.241 e. The maximum absolute atomic E-state index is 12.7. The third-order valence-corrected chi connectivity index (χ3v) is 4.52. The Bertz CT molecular complexity index is 486. The van der Waals surface area contributed by atoms with Crippen LogP contribution in [0.15, 0.2) is 24.3 Å². The van der Waals surface area contributed by atoms with Gasteiger partial charge in [-0.2, -0.15) is 0 Å². The molecule has 0 bridgehead atoms. The zero-order valence-corrected chi connectivity index (χ0v) is 13.7. The van der Waals surface area contributed by atoms with E-state index >= 15 is 0 Å². The van der Waals surface area contributed by atoms with Crippen molar-refractivity contribution < 1.29 is 4.79 Å². The van der Waals surface area contributed by atoms with Crippen LogP contribution in [0, 0.1) is 12.8 Å². The molecule has 0 spiro atoms. The number of nitrogens with one attached hydrogen (secondary N) is 1. The van der Waals surface area contributed by atoms with E-state index < -0.39 is 0 Å². The van der Waals surface area contributed by atoms with Crippen molar-refractivity contribution >= 4 is 5.91 Å². The van der Waals surface area contributed by atoms with E-state index in [1.165, 1.54) is 11.1 Å². The van der Waals surface area contributed by atoms with Gasteiger partial charge in [-0.1, -0.05) is 57.9 Å². The number of carbonyl (C=O) groups excluding carboxylic acids is 1. The van der Waals surface area contributed by atoms with Gasteiger partial charge < -0.3 is 4.90 Å². The maximum atomic E-state index is 12.7. The summed E-state index contributed by atoms with van der Waals surface area (Å²) in [5, 5.41) is 3.55. The van der Waals surface area contributed by atoms with Gasteiger partial charge in [-0.05, 0) is 30.4 Å². The predicted octanol–water partition coefficient (Wildman–Crippen LogP) is 3.64. The molecule has 1 N–H and O–H groups in total. The first-order valence-electron chi connectivity index (χ1n) is 8.20. The van der Waals surface area contributed by atoms with Gasteiger partial charge in [0.05, 0.1) is 6.04 Å². The first-order chi connectivity index (χ1) is 10.1. The van der Waals surface area contributed by atoms with E-state index in [1.807, 2.05) is 0 Å². The molecule has 0 aromatic heterocycles. The minimum atomic E-state index is -0.0244. The fourth-order valence-corrected chi connectivity index (χ4v) is 2.99. The molecule has 1 aliphatic heterocycles. The van der Waals surface area contributed by atoms with Crippen molar-refractivity contribution in [3.8, 4) is 0 Å². The van der Waals surface area contributed by atoms with Gasteiger partial charge in [0, 0.05) is 6.54 Å². The Balaban J connectivity index is 2.27. The van der Waals surface area contributed by atoms with Crippen LogP contribution in [0.25, 0.3) is 0 Å². The molecule has 0 saturated carbocycles. The average Bonchev–Trinajstić information content (AvgIpc) is 2.77. The van der Waals surface area contributed by atoms with Crippen LogP contribution in [-0.2, 0) is 4.79 Å². The topological polar surface area (TPSA) is 32.3 Å². The van der Waals surface area contributed by atoms with Crippen LogP contribution in [0.3, 0.4) is 0 Å². The summed E-state index contributed by atoms with van der Waals surface area (Å²) in [6.07, 6.45) is 3.08. The summed E-state index contributed by atoms with van der Waals surface area (Å²) in [5.74, 6) is 0.799. The highest BCUT2D eigenvalue weighted by molar-refractivity contribution is 5.84. The minimum absolute atomic E-state index is 0.0244. The molecule has 3 heteroatoms. The van der Waals surface area contributed by atoms with Gasteiger partial charge in [0.25, 0.3) is 0 Å². The lowest BCUT2D eigenvalue weighted by atomic mass is 10.0. The third-order valence-electron chi connectivity index (χ3n) is 4.52. The number of nitrogens with zero attached hydrogens (tertiary/aromatic N) is 1. The molecule has 3 unspecified atom stereocenters. The molecule has 2 rings (SSSR count). The molecule has 1 saturated heterocycles. The fraction of sp³-hybridized carbons (Fsp3) is 0.611. The standard InChI is InChI=1S/C18H28N2O/c1-5-9-16-18(21)20(12-13(3)6-2)17(19-16)15-11-8-7-10-14(15)4/h7-8,10-11,13,16-17,19H,5-6,9,12H2,1-4H3. The van der Waals surface area contributed by atoms with Gasteiger partial charge in [-0.15, -0.1) is 0 Å². The van der Waals surface area contributed by atoms with Crippen molar-refractivity contribution in [3.05, 3.63) is 35.4 Å². The summed E-state index contributed by atoms with van der Waals surface area (Å²) in [6, 6.07) is 8.35. The fourth-order valence-electron chi connectivity index (χ4n) is 2.99. The number of hydrogen-bond donors (Lipinski definition) is 1. The molecular formula is C18H28N2O. The Hall–Kier alpha value is -1.35. The van der Waals surface area contributed by atoms with E-state index in [4.69, 9.17) is 0 Å². The van der Waals surface area contributed by atoms with E-state index in [0.29, 0.717) is 5.92 Å². The highest BCUT2D eigenvalue weighted by Gasteiger charge is 2.39. The molecule has 3 nitrogen and oxygen atoms in total. The second-order valence-corrected chi connectivity index (χ2v) is 6.27. The Kier molecular flexibility index (Phi) is 5.40. The minimum Gasteiger partial charge on any atom is -0.321 e. The molecule has 1 aromatic carbocycles. The van der Waals surface area contributed by atoms with Crippen LogP contribution in [0.5, 0.6) is 0 Å². The molecule has 1 amide bonds. The largest absolute Gasteiger partial charge is 0.321 e. The van der Waals surface area contributed by atoms with Crippen LogP contribution in [0.1, 0.15) is 57.3 Å². The summed E-state index contributed by atoms with van der Waals surface area (Å²) in [6.45, 7) is 9.49. The molecule has 1 aromatic rings. The summed E-state index contributed by atoms with van der Waals surface area (Å²) < 4.78 is 0. The number of aryl methyl sites for hydroxylation is 1. The van der Waals surface area contributed by atoms with E-state index in [1.54, 1.807) is 0 Å². The summed E-state index contributed by atoms with van der Waals surface area (Å²) in [7, 11) is 0. The van der Waals surface area contributed by atoms with E-state index in [2.05, 4.69) is 62.2 Å². The Morgan fingerprint density at radius 1 is 1.29 bits per heavy atom. The molecule has 1 aliphatic rings. The molecular weight excluding hydrogens is 260 g/mol. The SMILES string of the molecule is CCCC1NC(c2ccccc2C)N(CC(C)CC)C1=O. The van der Waals surface area contributed by atoms with Crippen LogP contribution in [0.4, 0.5) is 0 Å². The first kappa shape index (κ1) is 16.0. The van der Waals surface area contributed by atoms with Gasteiger partial charge >= 0.3 is 0 Å². The summed E-state index contributed by atoms with van der Waals surface area (Å²) in [4.78, 5) is 14.8. The Morgan fingerprint density at radius 2 is 2.00 bits per heavy atom. The molecule has 1 fully saturated rings. The normalized spacial score (nSPS) is 23.6. The number of rotatable bonds is 6. The zero-order chi connectivity index (χ0) is 15.4. The number of carbonyl (C=O) groups is 1. The molecule has 3 atom stereocenters. The highest BCUT2D eigenvalue weighted by Crippen LogP contribution is 2.30. The number of benzene rings is 1. The number of hydrogen-bond acceptors (Lipinski definition) is 2. The van der Waals surface area contributed by atoms with Crippen LogP contribution in [0.2, 0.25) is 0 Å². The highest BCUT2D eigenvalue weighted by atomic mass is 16.2. The predicted molar refractivity (Wildman–Crippen MR) is 86.9 cm³/mol. The van der Waals surface area contributed by atoms with Crippen molar-refractivity contribution in [2.45, 2.75) is 59.2 Å². The number of amides is 1. The lowest BCUT2D eigenvalue weighted by Crippen LogP contribution is -2.34.